The fourth-order valence-electron chi connectivity index (χ4n) is 3.22. The number of amides is 3. The zero-order valence-electron chi connectivity index (χ0n) is 15.2. The third kappa shape index (κ3) is 3.44. The van der Waals surface area contributed by atoms with Crippen LogP contribution in [0.4, 0.5) is 15.8 Å². The Labute approximate surface area is 169 Å². The maximum absolute atomic E-state index is 13.2. The SMILES string of the molecule is Cc1ccc(N2C(=O)[C@@H]3[C@@H](N=NN3CC(=O)Nc3ccc(F)c(Cl)c3)C2=O)cc1. The highest BCUT2D eigenvalue weighted by atomic mass is 35.5. The van der Waals surface area contributed by atoms with Gasteiger partial charge in [-0.3, -0.25) is 19.4 Å². The number of imide groups is 1. The Morgan fingerprint density at radius 3 is 2.59 bits per heavy atom. The second-order valence-corrected chi connectivity index (χ2v) is 7.12. The number of anilines is 2. The summed E-state index contributed by atoms with van der Waals surface area (Å²) in [6.07, 6.45) is 0. The zero-order chi connectivity index (χ0) is 20.7. The number of nitrogens with one attached hydrogen (secondary N) is 1. The zero-order valence-corrected chi connectivity index (χ0v) is 15.9. The van der Waals surface area contributed by atoms with Crippen molar-refractivity contribution in [1.82, 2.24) is 5.01 Å². The molecule has 10 heteroatoms. The molecule has 0 saturated carbocycles. The van der Waals surface area contributed by atoms with Gasteiger partial charge in [-0.1, -0.05) is 34.5 Å². The summed E-state index contributed by atoms with van der Waals surface area (Å²) < 4.78 is 13.2. The number of nitrogens with zero attached hydrogens (tertiary/aromatic N) is 4. The van der Waals surface area contributed by atoms with Crippen LogP contribution >= 0.6 is 11.6 Å². The minimum absolute atomic E-state index is 0.131. The Morgan fingerprint density at radius 2 is 1.90 bits per heavy atom. The van der Waals surface area contributed by atoms with Gasteiger partial charge in [-0.15, -0.1) is 0 Å². The molecule has 2 aliphatic rings. The second kappa shape index (κ2) is 7.25. The van der Waals surface area contributed by atoms with Crippen LogP contribution in [0.25, 0.3) is 0 Å². The van der Waals surface area contributed by atoms with E-state index >= 15 is 0 Å². The van der Waals surface area contributed by atoms with E-state index < -0.39 is 35.6 Å². The van der Waals surface area contributed by atoms with Gasteiger partial charge in [0.2, 0.25) is 5.91 Å². The summed E-state index contributed by atoms with van der Waals surface area (Å²) in [5.74, 6) is -2.10. The molecule has 0 unspecified atom stereocenters. The van der Waals surface area contributed by atoms with Crippen molar-refractivity contribution in [2.45, 2.75) is 19.0 Å². The highest BCUT2D eigenvalue weighted by Crippen LogP contribution is 2.32. The first-order valence-electron chi connectivity index (χ1n) is 8.72. The lowest BCUT2D eigenvalue weighted by atomic mass is 10.1. The van der Waals surface area contributed by atoms with Crippen molar-refractivity contribution in [2.75, 3.05) is 16.8 Å². The number of benzene rings is 2. The van der Waals surface area contributed by atoms with E-state index in [4.69, 9.17) is 11.6 Å². The number of fused-ring (bicyclic) bond motifs is 1. The molecule has 1 saturated heterocycles. The quantitative estimate of drug-likeness (QED) is 0.777. The molecule has 3 amide bonds. The second-order valence-electron chi connectivity index (χ2n) is 6.72. The number of halogens is 2. The van der Waals surface area contributed by atoms with Crippen LogP contribution in [0.2, 0.25) is 5.02 Å². The summed E-state index contributed by atoms with van der Waals surface area (Å²) in [5.41, 5.74) is 1.73. The fourth-order valence-corrected chi connectivity index (χ4v) is 3.40. The van der Waals surface area contributed by atoms with Crippen LogP contribution in [0.1, 0.15) is 5.56 Å². The third-order valence-corrected chi connectivity index (χ3v) is 4.95. The molecule has 2 atom stereocenters. The van der Waals surface area contributed by atoms with Gasteiger partial charge >= 0.3 is 0 Å². The predicted octanol–water partition coefficient (Wildman–Crippen LogP) is 2.72. The molecular formula is C19H15ClFN5O3. The molecule has 4 rings (SSSR count). The Morgan fingerprint density at radius 1 is 1.17 bits per heavy atom. The Balaban J connectivity index is 1.48. The van der Waals surface area contributed by atoms with Crippen molar-refractivity contribution < 1.29 is 18.8 Å². The van der Waals surface area contributed by atoms with E-state index in [1.54, 1.807) is 24.3 Å². The normalized spacial score (nSPS) is 20.4. The molecule has 148 valence electrons. The average Bonchev–Trinajstić information content (AvgIpc) is 3.19. The van der Waals surface area contributed by atoms with Gasteiger partial charge in [-0.2, -0.15) is 5.11 Å². The molecule has 1 N–H and O–H groups in total. The largest absolute Gasteiger partial charge is 0.324 e. The van der Waals surface area contributed by atoms with Crippen LogP contribution in [0.15, 0.2) is 52.8 Å². The summed E-state index contributed by atoms with van der Waals surface area (Å²) in [6.45, 7) is 1.59. The van der Waals surface area contributed by atoms with Gasteiger partial charge in [0, 0.05) is 5.69 Å². The number of rotatable bonds is 4. The standard InChI is InChI=1S/C19H15ClFN5O3/c1-10-2-5-12(6-3-10)26-18(28)16-17(19(26)29)25(24-23-16)9-15(27)22-11-4-7-14(21)13(20)8-11/h2-8,16-17H,9H2,1H3,(H,22,27)/t16-,17+/m1/s1. The van der Waals surface area contributed by atoms with Gasteiger partial charge in [0.15, 0.2) is 12.1 Å². The van der Waals surface area contributed by atoms with Crippen LogP contribution in [0, 0.1) is 12.7 Å². The molecule has 2 aliphatic heterocycles. The summed E-state index contributed by atoms with van der Waals surface area (Å²) in [5, 5.41) is 11.3. The molecule has 2 aromatic carbocycles. The highest BCUT2D eigenvalue weighted by molar-refractivity contribution is 6.31. The monoisotopic (exact) mass is 415 g/mol. The molecule has 29 heavy (non-hydrogen) atoms. The van der Waals surface area contributed by atoms with Gasteiger partial charge in [0.05, 0.1) is 10.7 Å². The molecule has 0 aromatic heterocycles. The van der Waals surface area contributed by atoms with Gasteiger partial charge < -0.3 is 5.32 Å². The first-order chi connectivity index (χ1) is 13.8. The van der Waals surface area contributed by atoms with Crippen LogP contribution in [-0.2, 0) is 14.4 Å². The van der Waals surface area contributed by atoms with Crippen molar-refractivity contribution in [3.05, 3.63) is 58.9 Å². The molecule has 0 radical (unpaired) electrons. The lowest BCUT2D eigenvalue weighted by molar-refractivity contribution is -0.123. The van der Waals surface area contributed by atoms with Crippen LogP contribution < -0.4 is 10.2 Å². The van der Waals surface area contributed by atoms with E-state index in [0.717, 1.165) is 16.5 Å². The molecule has 0 bridgehead atoms. The van der Waals surface area contributed by atoms with Crippen LogP contribution in [-0.4, -0.2) is 41.4 Å². The Hall–Kier alpha value is -3.33. The maximum Gasteiger partial charge on any atom is 0.263 e. The predicted molar refractivity (Wildman–Crippen MR) is 103 cm³/mol. The average molecular weight is 416 g/mol. The molecule has 2 heterocycles. The van der Waals surface area contributed by atoms with E-state index in [0.29, 0.717) is 11.4 Å². The Kier molecular flexibility index (Phi) is 4.75. The molecule has 8 nitrogen and oxygen atoms in total. The molecule has 0 spiro atoms. The minimum Gasteiger partial charge on any atom is -0.324 e. The van der Waals surface area contributed by atoms with Crippen molar-refractivity contribution in [1.29, 1.82) is 0 Å². The highest BCUT2D eigenvalue weighted by Gasteiger charge is 2.55. The van der Waals surface area contributed by atoms with Gasteiger partial charge in [-0.25, -0.2) is 9.29 Å². The topological polar surface area (TPSA) is 94.4 Å². The summed E-state index contributed by atoms with van der Waals surface area (Å²) >= 11 is 5.70. The van der Waals surface area contributed by atoms with E-state index in [9.17, 15) is 18.8 Å². The number of aryl methyl sites for hydroxylation is 1. The summed E-state index contributed by atoms with van der Waals surface area (Å²) in [6, 6.07) is 8.74. The molecule has 0 aliphatic carbocycles. The van der Waals surface area contributed by atoms with E-state index in [2.05, 4.69) is 15.7 Å². The van der Waals surface area contributed by atoms with E-state index in [1.807, 2.05) is 6.92 Å². The lowest BCUT2D eigenvalue weighted by Crippen LogP contribution is -2.43. The summed E-state index contributed by atoms with van der Waals surface area (Å²) in [7, 11) is 0. The van der Waals surface area contributed by atoms with E-state index in [-0.39, 0.29) is 11.6 Å². The number of hydrogen-bond donors (Lipinski definition) is 1. The number of carbonyl (C=O) groups is 3. The van der Waals surface area contributed by atoms with Gasteiger partial charge in [0.25, 0.3) is 11.8 Å². The van der Waals surface area contributed by atoms with E-state index in [1.165, 1.54) is 17.1 Å². The molecular weight excluding hydrogens is 401 g/mol. The number of hydrogen-bond acceptors (Lipinski definition) is 6. The molecule has 2 aromatic rings. The van der Waals surface area contributed by atoms with Crippen molar-refractivity contribution in [3.8, 4) is 0 Å². The van der Waals surface area contributed by atoms with Crippen molar-refractivity contribution >= 4 is 40.7 Å². The van der Waals surface area contributed by atoms with Crippen molar-refractivity contribution in [3.63, 3.8) is 0 Å². The lowest BCUT2D eigenvalue weighted by Gasteiger charge is -2.20. The first-order valence-corrected chi connectivity index (χ1v) is 9.10. The Bertz CT molecular complexity index is 1040. The maximum atomic E-state index is 13.2. The van der Waals surface area contributed by atoms with Crippen LogP contribution in [0.5, 0.6) is 0 Å². The smallest absolute Gasteiger partial charge is 0.263 e. The fraction of sp³-hybridized carbons (Fsp3) is 0.211. The summed E-state index contributed by atoms with van der Waals surface area (Å²) in [4.78, 5) is 38.9. The van der Waals surface area contributed by atoms with Crippen molar-refractivity contribution in [2.24, 2.45) is 10.3 Å². The first kappa shape index (κ1) is 19.0. The third-order valence-electron chi connectivity index (χ3n) is 4.66. The minimum atomic E-state index is -0.989. The van der Waals surface area contributed by atoms with Gasteiger partial charge in [-0.05, 0) is 37.3 Å². The van der Waals surface area contributed by atoms with Crippen LogP contribution in [0.3, 0.4) is 0 Å². The number of carbonyl (C=O) groups excluding carboxylic acids is 3. The van der Waals surface area contributed by atoms with Gasteiger partial charge in [0.1, 0.15) is 12.4 Å². The molecule has 1 fully saturated rings.